The smallest absolute Gasteiger partial charge is 0.481 e. The van der Waals surface area contributed by atoms with Crippen molar-refractivity contribution in [3.05, 3.63) is 32.1 Å². The molecule has 1 rings (SSSR count). The number of aliphatic carboxylic acids is 1. The van der Waals surface area contributed by atoms with Crippen LogP contribution < -0.4 is 10.2 Å². The van der Waals surface area contributed by atoms with Gasteiger partial charge in [-0.15, -0.1) is 13.2 Å². The molecule has 0 amide bonds. The summed E-state index contributed by atoms with van der Waals surface area (Å²) < 4.78 is 39.2. The Labute approximate surface area is 101 Å². The van der Waals surface area contributed by atoms with Crippen molar-refractivity contribution in [2.45, 2.75) is 12.8 Å². The first kappa shape index (κ1) is 14.5. The van der Waals surface area contributed by atoms with Gasteiger partial charge in [-0.2, -0.15) is 0 Å². The number of H-pyrrole nitrogens is 1. The highest BCUT2D eigenvalue weighted by molar-refractivity contribution is 5.71. The summed E-state index contributed by atoms with van der Waals surface area (Å²) in [5, 5.41) is 19.0. The molecule has 0 bridgehead atoms. The van der Waals surface area contributed by atoms with Gasteiger partial charge in [-0.1, -0.05) is 0 Å². The predicted octanol–water partition coefficient (Wildman–Crippen LogP) is 0.809. The van der Waals surface area contributed by atoms with Gasteiger partial charge >= 0.3 is 18.0 Å². The molecule has 0 aliphatic carbocycles. The second-order valence-corrected chi connectivity index (χ2v) is 3.20. The highest BCUT2D eigenvalue weighted by Gasteiger charge is 2.33. The maximum atomic E-state index is 11.9. The van der Waals surface area contributed by atoms with Crippen LogP contribution in [0.2, 0.25) is 0 Å². The minimum atomic E-state index is -5.13. The molecule has 0 saturated heterocycles. The number of halogens is 3. The van der Waals surface area contributed by atoms with Crippen molar-refractivity contribution in [2.75, 3.05) is 0 Å². The molecule has 19 heavy (non-hydrogen) atoms. The van der Waals surface area contributed by atoms with E-state index in [1.54, 1.807) is 4.98 Å². The van der Waals surface area contributed by atoms with Gasteiger partial charge < -0.3 is 14.8 Å². The maximum absolute atomic E-state index is 11.9. The van der Waals surface area contributed by atoms with Crippen molar-refractivity contribution in [1.82, 2.24) is 4.98 Å². The van der Waals surface area contributed by atoms with E-state index in [9.17, 15) is 32.9 Å². The van der Waals surface area contributed by atoms with E-state index in [0.29, 0.717) is 0 Å². The van der Waals surface area contributed by atoms with E-state index in [2.05, 4.69) is 4.74 Å². The Morgan fingerprint density at radius 2 is 2.11 bits per heavy atom. The Bertz CT molecular complexity index is 579. The Balaban J connectivity index is 3.34. The summed E-state index contributed by atoms with van der Waals surface area (Å²) in [5.41, 5.74) is -3.32. The van der Waals surface area contributed by atoms with Crippen LogP contribution in [0.3, 0.4) is 0 Å². The zero-order valence-electron chi connectivity index (χ0n) is 8.85. The van der Waals surface area contributed by atoms with Crippen LogP contribution in [0.4, 0.5) is 18.9 Å². The number of hydrogen-bond donors (Lipinski definition) is 2. The fraction of sp³-hybridized carbons (Fsp3) is 0.250. The summed E-state index contributed by atoms with van der Waals surface area (Å²) >= 11 is 0. The van der Waals surface area contributed by atoms with Crippen LogP contribution in [0.5, 0.6) is 5.88 Å². The summed E-state index contributed by atoms with van der Waals surface area (Å²) in [5.74, 6) is -2.69. The molecule has 1 heterocycles. The Kier molecular flexibility index (Phi) is 3.77. The van der Waals surface area contributed by atoms with Crippen LogP contribution in [0.15, 0.2) is 10.9 Å². The summed E-state index contributed by atoms with van der Waals surface area (Å²) in [6, 6.07) is 0.219. The predicted molar refractivity (Wildman–Crippen MR) is 51.7 cm³/mol. The van der Waals surface area contributed by atoms with Gasteiger partial charge in [0.05, 0.1) is 17.4 Å². The number of hydrogen-bond acceptors (Lipinski definition) is 5. The summed E-state index contributed by atoms with van der Waals surface area (Å²) in [4.78, 5) is 32.8. The number of carboxylic acids is 1. The van der Waals surface area contributed by atoms with E-state index < -0.39 is 46.4 Å². The molecule has 0 fully saturated rings. The van der Waals surface area contributed by atoms with E-state index in [1.165, 1.54) is 0 Å². The lowest BCUT2D eigenvalue weighted by atomic mass is 10.2. The molecule has 2 N–H and O–H groups in total. The number of aromatic nitrogens is 1. The summed E-state index contributed by atoms with van der Waals surface area (Å²) in [6.45, 7) is 0. The molecule has 0 spiro atoms. The molecule has 0 aromatic carbocycles. The minimum absolute atomic E-state index is 0.219. The van der Waals surface area contributed by atoms with E-state index in [4.69, 9.17) is 5.11 Å². The average molecular weight is 282 g/mol. The zero-order valence-corrected chi connectivity index (χ0v) is 8.85. The number of carboxylic acid groups (broad SMARTS) is 1. The van der Waals surface area contributed by atoms with E-state index in [-0.39, 0.29) is 6.07 Å². The molecule has 0 atom stereocenters. The molecule has 0 saturated carbocycles. The third-order valence-electron chi connectivity index (χ3n) is 1.79. The van der Waals surface area contributed by atoms with Crippen molar-refractivity contribution >= 4 is 11.7 Å². The topological polar surface area (TPSA) is 123 Å². The third-order valence-corrected chi connectivity index (χ3v) is 1.79. The largest absolute Gasteiger partial charge is 0.574 e. The number of rotatable bonds is 4. The molecule has 8 nitrogen and oxygen atoms in total. The number of aromatic amines is 1. The maximum Gasteiger partial charge on any atom is 0.574 e. The molecule has 1 aromatic heterocycles. The molecule has 11 heteroatoms. The molecule has 0 radical (unpaired) electrons. The van der Waals surface area contributed by atoms with Gasteiger partial charge in [0.25, 0.3) is 5.43 Å². The van der Waals surface area contributed by atoms with Crippen LogP contribution in [0.25, 0.3) is 0 Å². The van der Waals surface area contributed by atoms with Gasteiger partial charge in [0.2, 0.25) is 5.88 Å². The molecule has 0 unspecified atom stereocenters. The van der Waals surface area contributed by atoms with E-state index in [0.717, 1.165) is 0 Å². The highest BCUT2D eigenvalue weighted by atomic mass is 19.4. The number of alkyl halides is 3. The second-order valence-electron chi connectivity index (χ2n) is 3.20. The molecule has 104 valence electrons. The van der Waals surface area contributed by atoms with Crippen molar-refractivity contribution in [1.29, 1.82) is 0 Å². The van der Waals surface area contributed by atoms with Crippen molar-refractivity contribution in [3.63, 3.8) is 0 Å². The van der Waals surface area contributed by atoms with Crippen LogP contribution in [0, 0.1) is 10.1 Å². The molecule has 0 aliphatic heterocycles. The first-order valence-electron chi connectivity index (χ1n) is 4.48. The van der Waals surface area contributed by atoms with Gasteiger partial charge in [-0.05, 0) is 0 Å². The molecular weight excluding hydrogens is 277 g/mol. The lowest BCUT2D eigenvalue weighted by Gasteiger charge is -2.09. The monoisotopic (exact) mass is 282 g/mol. The number of carbonyl (C=O) groups is 1. The molecule has 1 aromatic rings. The Morgan fingerprint density at radius 1 is 1.53 bits per heavy atom. The van der Waals surface area contributed by atoms with Gasteiger partial charge in [-0.25, -0.2) is 0 Å². The van der Waals surface area contributed by atoms with Crippen LogP contribution in [-0.2, 0) is 11.2 Å². The third kappa shape index (κ3) is 3.97. The minimum Gasteiger partial charge on any atom is -0.481 e. The van der Waals surface area contributed by atoms with E-state index in [1.807, 2.05) is 0 Å². The number of nitrogens with zero attached hydrogens (tertiary/aromatic N) is 1. The standard InChI is InChI=1S/C8H5F3N2O6/c9-8(10,11)19-5-2-4(14)7(13(17)18)3(12-5)1-6(15)16/h2H,1H2,(H,12,14)(H,15,16). The van der Waals surface area contributed by atoms with Crippen LogP contribution >= 0.6 is 0 Å². The van der Waals surface area contributed by atoms with Gasteiger partial charge in [-0.3, -0.25) is 19.7 Å². The van der Waals surface area contributed by atoms with Gasteiger partial charge in [0, 0.05) is 0 Å². The quantitative estimate of drug-likeness (QED) is 0.622. The van der Waals surface area contributed by atoms with E-state index >= 15 is 0 Å². The van der Waals surface area contributed by atoms with Crippen molar-refractivity contribution < 1.29 is 32.7 Å². The van der Waals surface area contributed by atoms with Gasteiger partial charge in [0.1, 0.15) is 5.69 Å². The average Bonchev–Trinajstić information content (AvgIpc) is 2.10. The summed E-state index contributed by atoms with van der Waals surface area (Å²) in [7, 11) is 0. The number of ether oxygens (including phenoxy) is 1. The molecule has 0 aliphatic rings. The van der Waals surface area contributed by atoms with Crippen LogP contribution in [-0.4, -0.2) is 27.3 Å². The Morgan fingerprint density at radius 3 is 2.53 bits per heavy atom. The lowest BCUT2D eigenvalue weighted by molar-refractivity contribution is -0.387. The lowest BCUT2D eigenvalue weighted by Crippen LogP contribution is -2.21. The van der Waals surface area contributed by atoms with Crippen molar-refractivity contribution in [2.24, 2.45) is 0 Å². The fourth-order valence-electron chi connectivity index (χ4n) is 1.24. The first-order chi connectivity index (χ1) is 8.60. The number of nitro groups is 1. The summed E-state index contributed by atoms with van der Waals surface area (Å²) in [6.07, 6.45) is -6.15. The number of pyridine rings is 1. The SMILES string of the molecule is O=C(O)Cc1[nH]c(OC(F)(F)F)cc(=O)c1[N+](=O)[O-]. The molecular formula is C8H5F3N2O6. The van der Waals surface area contributed by atoms with Crippen LogP contribution in [0.1, 0.15) is 5.69 Å². The second kappa shape index (κ2) is 4.96. The normalized spacial score (nSPS) is 11.1. The Hall–Kier alpha value is -2.59. The van der Waals surface area contributed by atoms with Crippen molar-refractivity contribution in [3.8, 4) is 5.88 Å². The first-order valence-corrected chi connectivity index (χ1v) is 4.48. The highest BCUT2D eigenvalue weighted by Crippen LogP contribution is 2.22. The van der Waals surface area contributed by atoms with Gasteiger partial charge in [0.15, 0.2) is 0 Å². The fourth-order valence-corrected chi connectivity index (χ4v) is 1.24. The zero-order chi connectivity index (χ0) is 14.8. The number of nitrogens with one attached hydrogen (secondary N) is 1.